The number of unbranched alkanes of at least 4 members (excludes halogenated alkanes) is 2. The molecule has 2 amide bonds. The van der Waals surface area contributed by atoms with Gasteiger partial charge in [-0.25, -0.2) is 4.68 Å². The fourth-order valence-corrected chi connectivity index (χ4v) is 3.79. The smallest absolute Gasteiger partial charge is 0.245 e. The minimum absolute atomic E-state index is 0.0167. The second-order valence-corrected chi connectivity index (χ2v) is 9.82. The molecule has 182 valence electrons. The van der Waals surface area contributed by atoms with Crippen LogP contribution in [0.1, 0.15) is 85.8 Å². The highest BCUT2D eigenvalue weighted by Gasteiger charge is 2.26. The zero-order valence-electron chi connectivity index (χ0n) is 21.4. The Hall–Kier alpha value is -2.63. The van der Waals surface area contributed by atoms with Crippen LogP contribution < -0.4 is 5.32 Å². The van der Waals surface area contributed by atoms with Crippen molar-refractivity contribution in [3.63, 3.8) is 0 Å². The highest BCUT2D eigenvalue weighted by Crippen LogP contribution is 2.26. The molecule has 1 atom stereocenters. The summed E-state index contributed by atoms with van der Waals surface area (Å²) in [6.45, 7) is 13.3. The normalized spacial score (nSPS) is 12.4. The van der Waals surface area contributed by atoms with Gasteiger partial charge in [0, 0.05) is 23.9 Å². The summed E-state index contributed by atoms with van der Waals surface area (Å²) in [5, 5.41) is 7.80. The van der Waals surface area contributed by atoms with Gasteiger partial charge in [0.2, 0.25) is 11.8 Å². The van der Waals surface area contributed by atoms with Gasteiger partial charge in [0.15, 0.2) is 0 Å². The molecule has 0 spiro atoms. The summed E-state index contributed by atoms with van der Waals surface area (Å²) in [5.74, 6) is 0.512. The van der Waals surface area contributed by atoms with Crippen LogP contribution in [0.3, 0.4) is 0 Å². The minimum Gasteiger partial charge on any atom is -0.333 e. The molecule has 1 aromatic carbocycles. The number of rotatable bonds is 12. The third-order valence-electron chi connectivity index (χ3n) is 5.92. The van der Waals surface area contributed by atoms with E-state index in [0.717, 1.165) is 49.9 Å². The van der Waals surface area contributed by atoms with E-state index in [2.05, 4.69) is 46.9 Å². The first-order valence-electron chi connectivity index (χ1n) is 12.5. The quantitative estimate of drug-likeness (QED) is 0.431. The number of hydrogen-bond acceptors (Lipinski definition) is 3. The van der Waals surface area contributed by atoms with Gasteiger partial charge in [0.05, 0.1) is 17.9 Å². The SMILES string of the molecule is CCCCC(CC)C(=O)N(CCCC)CC(=O)Nc1cc(C(C)(C)C)nn1-c1ccccc1. The summed E-state index contributed by atoms with van der Waals surface area (Å²) in [5.41, 5.74) is 1.62. The van der Waals surface area contributed by atoms with Gasteiger partial charge in [-0.15, -0.1) is 0 Å². The van der Waals surface area contributed by atoms with Crippen molar-refractivity contribution >= 4 is 17.6 Å². The lowest BCUT2D eigenvalue weighted by Gasteiger charge is -2.26. The van der Waals surface area contributed by atoms with E-state index in [-0.39, 0.29) is 29.7 Å². The van der Waals surface area contributed by atoms with Gasteiger partial charge in [-0.05, 0) is 31.4 Å². The predicted octanol–water partition coefficient (Wildman–Crippen LogP) is 5.95. The molecule has 0 saturated heterocycles. The van der Waals surface area contributed by atoms with Crippen molar-refractivity contribution in [3.8, 4) is 5.69 Å². The molecule has 0 aliphatic carbocycles. The molecule has 1 unspecified atom stereocenters. The molecular weight excluding hydrogens is 412 g/mol. The van der Waals surface area contributed by atoms with E-state index >= 15 is 0 Å². The maximum atomic E-state index is 13.2. The fraction of sp³-hybridized carbons (Fsp3) is 0.593. The Morgan fingerprint density at radius 1 is 1.06 bits per heavy atom. The molecule has 6 nitrogen and oxygen atoms in total. The van der Waals surface area contributed by atoms with Crippen molar-refractivity contribution in [2.24, 2.45) is 5.92 Å². The first-order valence-corrected chi connectivity index (χ1v) is 12.5. The Bertz CT molecular complexity index is 883. The molecule has 1 N–H and O–H groups in total. The zero-order chi connectivity index (χ0) is 24.4. The fourth-order valence-electron chi connectivity index (χ4n) is 3.79. The van der Waals surface area contributed by atoms with Crippen LogP contribution >= 0.6 is 0 Å². The lowest BCUT2D eigenvalue weighted by Crippen LogP contribution is -2.42. The second-order valence-electron chi connectivity index (χ2n) is 9.82. The van der Waals surface area contributed by atoms with E-state index in [1.165, 1.54) is 0 Å². The number of aromatic nitrogens is 2. The molecule has 2 aromatic rings. The molecule has 0 aliphatic rings. The summed E-state index contributed by atoms with van der Waals surface area (Å²) < 4.78 is 1.77. The third-order valence-corrected chi connectivity index (χ3v) is 5.92. The number of carbonyl (C=O) groups excluding carboxylic acids is 2. The molecule has 1 aromatic heterocycles. The highest BCUT2D eigenvalue weighted by molar-refractivity contribution is 5.94. The van der Waals surface area contributed by atoms with Gasteiger partial charge in [-0.1, -0.05) is 79.0 Å². The maximum Gasteiger partial charge on any atom is 0.245 e. The van der Waals surface area contributed by atoms with Crippen LogP contribution in [-0.2, 0) is 15.0 Å². The van der Waals surface area contributed by atoms with E-state index in [9.17, 15) is 9.59 Å². The molecular formula is C27H42N4O2. The summed E-state index contributed by atoms with van der Waals surface area (Å²) >= 11 is 0. The molecule has 0 saturated carbocycles. The molecule has 33 heavy (non-hydrogen) atoms. The molecule has 6 heteroatoms. The van der Waals surface area contributed by atoms with Gasteiger partial charge >= 0.3 is 0 Å². The number of nitrogens with zero attached hydrogens (tertiary/aromatic N) is 3. The number of anilines is 1. The number of amides is 2. The van der Waals surface area contributed by atoms with E-state index < -0.39 is 0 Å². The first-order chi connectivity index (χ1) is 15.7. The number of hydrogen-bond donors (Lipinski definition) is 1. The van der Waals surface area contributed by atoms with E-state index in [4.69, 9.17) is 5.10 Å². The lowest BCUT2D eigenvalue weighted by molar-refractivity contribution is -0.138. The summed E-state index contributed by atoms with van der Waals surface area (Å²) in [6.07, 6.45) is 5.65. The molecule has 2 rings (SSSR count). The average molecular weight is 455 g/mol. The molecule has 0 fully saturated rings. The summed E-state index contributed by atoms with van der Waals surface area (Å²) in [4.78, 5) is 28.1. The van der Waals surface area contributed by atoms with Gasteiger partial charge < -0.3 is 10.2 Å². The molecule has 1 heterocycles. The molecule has 0 aliphatic heterocycles. The van der Waals surface area contributed by atoms with Gasteiger partial charge in [-0.2, -0.15) is 5.10 Å². The topological polar surface area (TPSA) is 67.2 Å². The van der Waals surface area contributed by atoms with Gasteiger partial charge in [0.25, 0.3) is 0 Å². The predicted molar refractivity (Wildman–Crippen MR) is 136 cm³/mol. The third kappa shape index (κ3) is 7.72. The Balaban J connectivity index is 2.24. The first kappa shape index (κ1) is 26.6. The lowest BCUT2D eigenvalue weighted by atomic mass is 9.92. The van der Waals surface area contributed by atoms with Crippen LogP contribution in [0.2, 0.25) is 0 Å². The van der Waals surface area contributed by atoms with E-state index in [1.54, 1.807) is 9.58 Å². The Kier molecular flexibility index (Phi) is 10.1. The van der Waals surface area contributed by atoms with Crippen LogP contribution in [0.25, 0.3) is 5.69 Å². The zero-order valence-corrected chi connectivity index (χ0v) is 21.4. The van der Waals surface area contributed by atoms with Crippen LogP contribution in [-0.4, -0.2) is 39.6 Å². The number of para-hydroxylation sites is 1. The number of carbonyl (C=O) groups is 2. The highest BCUT2D eigenvalue weighted by atomic mass is 16.2. The van der Waals surface area contributed by atoms with Crippen molar-refractivity contribution in [1.29, 1.82) is 0 Å². The largest absolute Gasteiger partial charge is 0.333 e. The molecule has 0 radical (unpaired) electrons. The Morgan fingerprint density at radius 3 is 2.30 bits per heavy atom. The maximum absolute atomic E-state index is 13.2. The number of benzene rings is 1. The Labute approximate surface area is 199 Å². The van der Waals surface area contributed by atoms with Crippen LogP contribution in [0.5, 0.6) is 0 Å². The average Bonchev–Trinajstić information content (AvgIpc) is 3.21. The summed E-state index contributed by atoms with van der Waals surface area (Å²) in [6, 6.07) is 11.7. The van der Waals surface area contributed by atoms with Crippen molar-refractivity contribution < 1.29 is 9.59 Å². The van der Waals surface area contributed by atoms with Crippen molar-refractivity contribution in [3.05, 3.63) is 42.1 Å². The van der Waals surface area contributed by atoms with Gasteiger partial charge in [-0.3, -0.25) is 9.59 Å². The van der Waals surface area contributed by atoms with Gasteiger partial charge in [0.1, 0.15) is 5.82 Å². The van der Waals surface area contributed by atoms with Crippen LogP contribution in [0.4, 0.5) is 5.82 Å². The second kappa shape index (κ2) is 12.6. The van der Waals surface area contributed by atoms with E-state index in [1.807, 2.05) is 36.4 Å². The van der Waals surface area contributed by atoms with Crippen LogP contribution in [0.15, 0.2) is 36.4 Å². The van der Waals surface area contributed by atoms with Crippen molar-refractivity contribution in [1.82, 2.24) is 14.7 Å². The van der Waals surface area contributed by atoms with Crippen molar-refractivity contribution in [2.45, 2.75) is 85.5 Å². The minimum atomic E-state index is -0.192. The number of nitrogens with one attached hydrogen (secondary N) is 1. The Morgan fingerprint density at radius 2 is 1.73 bits per heavy atom. The standard InChI is InChI=1S/C27H42N4O2/c1-7-10-15-21(9-3)26(33)30(18-11-8-2)20-25(32)28-24-19-23(27(4,5)6)29-31(24)22-16-13-12-14-17-22/h12-14,16-17,19,21H,7-11,15,18,20H2,1-6H3,(H,28,32). The summed E-state index contributed by atoms with van der Waals surface area (Å²) in [7, 11) is 0. The molecule has 0 bridgehead atoms. The monoisotopic (exact) mass is 454 g/mol. The van der Waals surface area contributed by atoms with Crippen molar-refractivity contribution in [2.75, 3.05) is 18.4 Å². The van der Waals surface area contributed by atoms with E-state index in [0.29, 0.717) is 12.4 Å². The van der Waals surface area contributed by atoms with Crippen LogP contribution in [0, 0.1) is 5.92 Å².